The van der Waals surface area contributed by atoms with Crippen LogP contribution in [-0.4, -0.2) is 31.3 Å². The number of benzene rings is 2. The lowest BCUT2D eigenvalue weighted by atomic mass is 10.1. The van der Waals surface area contributed by atoms with E-state index in [1.165, 1.54) is 52.1 Å². The molecule has 0 spiro atoms. The molecular weight excluding hydrogens is 492 g/mol. The maximum atomic E-state index is 12.7. The van der Waals surface area contributed by atoms with Gasteiger partial charge in [0.15, 0.2) is 9.47 Å². The van der Waals surface area contributed by atoms with Crippen LogP contribution in [0.5, 0.6) is 0 Å². The van der Waals surface area contributed by atoms with Crippen molar-refractivity contribution in [2.24, 2.45) is 0 Å². The van der Waals surface area contributed by atoms with E-state index in [9.17, 15) is 14.9 Å². The van der Waals surface area contributed by atoms with Gasteiger partial charge < -0.3 is 10.6 Å². The van der Waals surface area contributed by atoms with Gasteiger partial charge in [0, 0.05) is 28.8 Å². The van der Waals surface area contributed by atoms with E-state index in [1.54, 1.807) is 24.4 Å². The number of aryl methyl sites for hydroxylation is 1. The van der Waals surface area contributed by atoms with Gasteiger partial charge in [0.2, 0.25) is 11.0 Å². The molecule has 0 radical (unpaired) electrons. The molecule has 2 N–H and O–H groups in total. The summed E-state index contributed by atoms with van der Waals surface area (Å²) < 4.78 is 0.673. The largest absolute Gasteiger partial charge is 0.330 e. The molecule has 2 aromatic heterocycles. The summed E-state index contributed by atoms with van der Waals surface area (Å²) in [7, 11) is 0. The number of nitrogens with one attached hydrogen (secondary N) is 2. The lowest BCUT2D eigenvalue weighted by Crippen LogP contribution is -2.22. The van der Waals surface area contributed by atoms with Crippen LogP contribution in [0.15, 0.2) is 52.2 Å². The summed E-state index contributed by atoms with van der Waals surface area (Å²) in [5, 5.41) is 27.9. The van der Waals surface area contributed by atoms with Crippen LogP contribution in [0.3, 0.4) is 0 Å². The van der Waals surface area contributed by atoms with E-state index < -0.39 is 10.2 Å². The number of nitro benzene ring substituents is 1. The lowest BCUT2D eigenvalue weighted by molar-refractivity contribution is -0.384. The van der Waals surface area contributed by atoms with Crippen molar-refractivity contribution >= 4 is 62.0 Å². The molecule has 0 aliphatic rings. The van der Waals surface area contributed by atoms with Gasteiger partial charge in [-0.2, -0.15) is 0 Å². The Bertz CT molecular complexity index is 1350. The third-order valence-electron chi connectivity index (χ3n) is 4.99. The van der Waals surface area contributed by atoms with Gasteiger partial charge >= 0.3 is 0 Å². The normalized spacial score (nSPS) is 11.7. The second-order valence-electron chi connectivity index (χ2n) is 7.34. The standard InChI is InChI=1S/C22H20N6O3S3/c1-12-6-4-9-17(13(12)2)23-21-26-27-22(34-21)33-14(3)19(29)25-20-24-18(11-32-20)15-7-5-8-16(10-15)28(30)31/h4-11,14H,1-3H3,(H,23,26)(H,24,25,29). The lowest BCUT2D eigenvalue weighted by Gasteiger charge is -2.08. The molecule has 1 atom stereocenters. The molecule has 0 saturated carbocycles. The molecule has 12 heteroatoms. The van der Waals surface area contributed by atoms with E-state index in [-0.39, 0.29) is 11.6 Å². The molecule has 0 aliphatic carbocycles. The SMILES string of the molecule is Cc1cccc(Nc2nnc(SC(C)C(=O)Nc3nc(-c4cccc([N+](=O)[O-])c4)cs3)s2)c1C. The molecule has 0 bridgehead atoms. The third-order valence-corrected chi connectivity index (χ3v) is 7.77. The van der Waals surface area contributed by atoms with Crippen molar-refractivity contribution in [2.45, 2.75) is 30.4 Å². The van der Waals surface area contributed by atoms with Crippen molar-refractivity contribution in [1.29, 1.82) is 0 Å². The Morgan fingerprint density at radius 3 is 2.74 bits per heavy atom. The van der Waals surface area contributed by atoms with E-state index in [0.717, 1.165) is 11.3 Å². The van der Waals surface area contributed by atoms with Gasteiger partial charge in [-0.1, -0.05) is 47.4 Å². The number of nitro groups is 1. The summed E-state index contributed by atoms with van der Waals surface area (Å²) in [5.74, 6) is -0.218. The molecule has 34 heavy (non-hydrogen) atoms. The fourth-order valence-corrected chi connectivity index (χ4v) is 5.59. The zero-order chi connectivity index (χ0) is 24.2. The number of aromatic nitrogens is 3. The number of non-ortho nitro benzene ring substituents is 1. The number of carbonyl (C=O) groups excluding carboxylic acids is 1. The Hall–Kier alpha value is -3.35. The predicted molar refractivity (Wildman–Crippen MR) is 137 cm³/mol. The fraction of sp³-hybridized carbons (Fsp3) is 0.182. The van der Waals surface area contributed by atoms with Crippen LogP contribution in [0.2, 0.25) is 0 Å². The van der Waals surface area contributed by atoms with E-state index in [2.05, 4.69) is 38.8 Å². The summed E-state index contributed by atoms with van der Waals surface area (Å²) >= 11 is 3.95. The highest BCUT2D eigenvalue weighted by Crippen LogP contribution is 2.33. The van der Waals surface area contributed by atoms with Crippen LogP contribution in [0.1, 0.15) is 18.1 Å². The smallest absolute Gasteiger partial charge is 0.270 e. The van der Waals surface area contributed by atoms with Crippen LogP contribution in [0.4, 0.5) is 21.6 Å². The first-order valence-electron chi connectivity index (χ1n) is 10.1. The Morgan fingerprint density at radius 2 is 1.94 bits per heavy atom. The average Bonchev–Trinajstić information content (AvgIpc) is 3.46. The predicted octanol–water partition coefficient (Wildman–Crippen LogP) is 6.05. The minimum atomic E-state index is -0.450. The van der Waals surface area contributed by atoms with Gasteiger partial charge in [-0.05, 0) is 38.0 Å². The van der Waals surface area contributed by atoms with Crippen molar-refractivity contribution in [2.75, 3.05) is 10.6 Å². The molecule has 2 heterocycles. The van der Waals surface area contributed by atoms with E-state index in [1.807, 2.05) is 19.1 Å². The first kappa shape index (κ1) is 23.8. The number of hydrogen-bond acceptors (Lipinski definition) is 10. The number of nitrogens with zero attached hydrogens (tertiary/aromatic N) is 4. The average molecular weight is 513 g/mol. The number of thiazole rings is 1. The highest BCUT2D eigenvalue weighted by Gasteiger charge is 2.19. The van der Waals surface area contributed by atoms with Gasteiger partial charge in [-0.15, -0.1) is 21.5 Å². The first-order chi connectivity index (χ1) is 16.3. The molecule has 0 saturated heterocycles. The molecular formula is C22H20N6O3S3. The molecule has 1 amide bonds. The van der Waals surface area contributed by atoms with Gasteiger partial charge in [0.05, 0.1) is 15.9 Å². The Kier molecular flexibility index (Phi) is 7.20. The molecule has 2 aromatic carbocycles. The highest BCUT2D eigenvalue weighted by molar-refractivity contribution is 8.02. The molecule has 0 fully saturated rings. The van der Waals surface area contributed by atoms with Crippen LogP contribution < -0.4 is 10.6 Å². The van der Waals surface area contributed by atoms with Crippen molar-refractivity contribution in [3.63, 3.8) is 0 Å². The minimum absolute atomic E-state index is 0.00964. The molecule has 4 rings (SSSR count). The zero-order valence-corrected chi connectivity index (χ0v) is 20.9. The second kappa shape index (κ2) is 10.3. The topological polar surface area (TPSA) is 123 Å². The maximum Gasteiger partial charge on any atom is 0.270 e. The fourth-order valence-electron chi connectivity index (χ4n) is 2.96. The highest BCUT2D eigenvalue weighted by atomic mass is 32.2. The van der Waals surface area contributed by atoms with E-state index in [0.29, 0.717) is 25.9 Å². The summed E-state index contributed by atoms with van der Waals surface area (Å²) in [5.41, 5.74) is 4.48. The molecule has 1 unspecified atom stereocenters. The maximum absolute atomic E-state index is 12.7. The van der Waals surface area contributed by atoms with Gasteiger partial charge in [0.1, 0.15) is 0 Å². The van der Waals surface area contributed by atoms with Crippen molar-refractivity contribution in [3.05, 3.63) is 69.1 Å². The Morgan fingerprint density at radius 1 is 1.15 bits per heavy atom. The summed E-state index contributed by atoms with van der Waals surface area (Å²) in [6.07, 6.45) is 0. The van der Waals surface area contributed by atoms with Gasteiger partial charge in [-0.25, -0.2) is 4.98 Å². The zero-order valence-electron chi connectivity index (χ0n) is 18.4. The Labute approximate surface area is 207 Å². The monoisotopic (exact) mass is 512 g/mol. The number of amides is 1. The second-order valence-corrected chi connectivity index (χ2v) is 10.8. The number of rotatable bonds is 8. The number of carbonyl (C=O) groups is 1. The van der Waals surface area contributed by atoms with Crippen molar-refractivity contribution in [1.82, 2.24) is 15.2 Å². The van der Waals surface area contributed by atoms with Gasteiger partial charge in [-0.3, -0.25) is 14.9 Å². The molecule has 174 valence electrons. The molecule has 0 aliphatic heterocycles. The van der Waals surface area contributed by atoms with Crippen LogP contribution in [-0.2, 0) is 4.79 Å². The van der Waals surface area contributed by atoms with Crippen LogP contribution >= 0.6 is 34.4 Å². The van der Waals surface area contributed by atoms with Crippen LogP contribution in [0, 0.1) is 24.0 Å². The minimum Gasteiger partial charge on any atom is -0.330 e. The Balaban J connectivity index is 1.36. The van der Waals surface area contributed by atoms with Crippen LogP contribution in [0.25, 0.3) is 11.3 Å². The number of anilines is 3. The quantitative estimate of drug-likeness (QED) is 0.166. The molecule has 9 nitrogen and oxygen atoms in total. The summed E-state index contributed by atoms with van der Waals surface area (Å²) in [4.78, 5) is 27.6. The van der Waals surface area contributed by atoms with E-state index in [4.69, 9.17) is 0 Å². The first-order valence-corrected chi connectivity index (χ1v) is 12.7. The van der Waals surface area contributed by atoms with Crippen molar-refractivity contribution in [3.8, 4) is 11.3 Å². The number of thioether (sulfide) groups is 1. The summed E-state index contributed by atoms with van der Waals surface area (Å²) in [6.45, 7) is 5.88. The van der Waals surface area contributed by atoms with Crippen molar-refractivity contribution < 1.29 is 9.72 Å². The summed E-state index contributed by atoms with van der Waals surface area (Å²) in [6, 6.07) is 12.3. The van der Waals surface area contributed by atoms with Gasteiger partial charge in [0.25, 0.3) is 5.69 Å². The van der Waals surface area contributed by atoms with E-state index >= 15 is 0 Å². The molecule has 4 aromatic rings. The third kappa shape index (κ3) is 5.58. The number of hydrogen-bond donors (Lipinski definition) is 2.